The van der Waals surface area contributed by atoms with E-state index in [0.717, 1.165) is 20.2 Å². The molecule has 1 aromatic heterocycles. The number of aromatic nitrogens is 1. The molecule has 0 aliphatic rings. The number of carbonyl (C=O) groups excluding carboxylic acids is 1. The monoisotopic (exact) mass is 237 g/mol. The molecule has 1 heterocycles. The number of nitrogens with zero attached hydrogens (tertiary/aromatic N) is 1. The highest BCUT2D eigenvalue weighted by molar-refractivity contribution is 7.14. The Morgan fingerprint density at radius 1 is 1.44 bits per heavy atom. The summed E-state index contributed by atoms with van der Waals surface area (Å²) in [6, 6.07) is 6.71. The largest absolute Gasteiger partial charge is 0.338 e. The third kappa shape index (κ3) is 1.84. The lowest BCUT2D eigenvalue weighted by Gasteiger charge is -2.00. The van der Waals surface area contributed by atoms with Gasteiger partial charge in [0.15, 0.2) is 0 Å². The predicted octanol–water partition coefficient (Wildman–Crippen LogP) is 0.579. The maximum absolute atomic E-state index is 11.8. The fourth-order valence-electron chi connectivity index (χ4n) is 1.36. The lowest BCUT2D eigenvalue weighted by atomic mass is 10.3. The molecule has 0 saturated heterocycles. The molecule has 2 aromatic rings. The van der Waals surface area contributed by atoms with E-state index >= 15 is 0 Å². The molecular formula is C10H11N3O2S. The second-order valence-electron chi connectivity index (χ2n) is 3.21. The quantitative estimate of drug-likeness (QED) is 0.802. The van der Waals surface area contributed by atoms with Crippen LogP contribution in [-0.2, 0) is 0 Å². The van der Waals surface area contributed by atoms with Gasteiger partial charge in [-0.3, -0.25) is 4.79 Å². The fourth-order valence-corrected chi connectivity index (χ4v) is 2.28. The van der Waals surface area contributed by atoms with Crippen molar-refractivity contribution in [3.63, 3.8) is 0 Å². The normalized spacial score (nSPS) is 10.6. The Kier molecular flexibility index (Phi) is 3.02. The van der Waals surface area contributed by atoms with Crippen LogP contribution in [-0.4, -0.2) is 23.1 Å². The van der Waals surface area contributed by atoms with Gasteiger partial charge in [-0.1, -0.05) is 12.1 Å². The molecule has 84 valence electrons. The van der Waals surface area contributed by atoms with Crippen LogP contribution < -0.4 is 16.6 Å². The number of fused-ring (bicyclic) bond motifs is 1. The van der Waals surface area contributed by atoms with E-state index in [0.29, 0.717) is 18.5 Å². The van der Waals surface area contributed by atoms with Crippen LogP contribution in [0, 0.1) is 0 Å². The van der Waals surface area contributed by atoms with Crippen molar-refractivity contribution in [3.05, 3.63) is 34.6 Å². The zero-order valence-corrected chi connectivity index (χ0v) is 9.29. The minimum absolute atomic E-state index is 0.282. The lowest BCUT2D eigenvalue weighted by molar-refractivity contribution is 0.244. The van der Waals surface area contributed by atoms with E-state index in [1.165, 1.54) is 0 Å². The Balaban J connectivity index is 2.42. The highest BCUT2D eigenvalue weighted by Gasteiger charge is 2.12. The summed E-state index contributed by atoms with van der Waals surface area (Å²) in [6.45, 7) is 0.713. The van der Waals surface area contributed by atoms with E-state index < -0.39 is 6.03 Å². The number of benzene rings is 1. The van der Waals surface area contributed by atoms with Crippen molar-refractivity contribution in [3.8, 4) is 0 Å². The summed E-state index contributed by atoms with van der Waals surface area (Å²) in [7, 11) is 0. The summed E-state index contributed by atoms with van der Waals surface area (Å²) in [5, 5.41) is 3.13. The molecule has 0 unspecified atom stereocenters. The van der Waals surface area contributed by atoms with Crippen LogP contribution in [0.15, 0.2) is 29.1 Å². The van der Waals surface area contributed by atoms with E-state index in [1.54, 1.807) is 12.1 Å². The summed E-state index contributed by atoms with van der Waals surface area (Å²) < 4.78 is 1.91. The molecular weight excluding hydrogens is 226 g/mol. The second kappa shape index (κ2) is 4.46. The summed E-state index contributed by atoms with van der Waals surface area (Å²) in [6.07, 6.45) is 0. The smallest absolute Gasteiger partial charge is 0.335 e. The number of amides is 1. The Bertz CT molecular complexity index is 573. The molecule has 16 heavy (non-hydrogen) atoms. The van der Waals surface area contributed by atoms with Crippen molar-refractivity contribution in [2.45, 2.75) is 0 Å². The van der Waals surface area contributed by atoms with Gasteiger partial charge in [0.25, 0.3) is 5.56 Å². The second-order valence-corrected chi connectivity index (χ2v) is 4.20. The molecule has 0 aliphatic carbocycles. The maximum Gasteiger partial charge on any atom is 0.338 e. The van der Waals surface area contributed by atoms with Crippen LogP contribution in [0.3, 0.4) is 0 Å². The van der Waals surface area contributed by atoms with E-state index in [9.17, 15) is 9.59 Å². The summed E-state index contributed by atoms with van der Waals surface area (Å²) in [5.74, 6) is 0. The van der Waals surface area contributed by atoms with Crippen LogP contribution in [0.4, 0.5) is 4.79 Å². The molecule has 1 amide bonds. The first-order valence-electron chi connectivity index (χ1n) is 4.83. The first-order valence-corrected chi connectivity index (χ1v) is 5.60. The van der Waals surface area contributed by atoms with Crippen LogP contribution in [0.1, 0.15) is 0 Å². The van der Waals surface area contributed by atoms with Gasteiger partial charge in [0.1, 0.15) is 0 Å². The fraction of sp³-hybridized carbons (Fsp3) is 0.200. The van der Waals surface area contributed by atoms with Crippen LogP contribution in [0.5, 0.6) is 0 Å². The highest BCUT2D eigenvalue weighted by atomic mass is 32.1. The molecule has 0 atom stereocenters. The van der Waals surface area contributed by atoms with Gasteiger partial charge in [-0.05, 0) is 23.7 Å². The number of carbonyl (C=O) groups is 1. The number of rotatable bonds is 2. The number of nitrogens with one attached hydrogen (secondary N) is 1. The zero-order chi connectivity index (χ0) is 11.5. The molecule has 0 spiro atoms. The lowest BCUT2D eigenvalue weighted by Crippen LogP contribution is -2.35. The Morgan fingerprint density at radius 2 is 2.19 bits per heavy atom. The molecule has 0 bridgehead atoms. The first kappa shape index (κ1) is 10.8. The molecule has 5 nitrogen and oxygen atoms in total. The Morgan fingerprint density at radius 3 is 2.88 bits per heavy atom. The highest BCUT2D eigenvalue weighted by Crippen LogP contribution is 2.15. The molecule has 0 saturated carbocycles. The van der Waals surface area contributed by atoms with Gasteiger partial charge in [-0.2, -0.15) is 3.96 Å². The minimum Gasteiger partial charge on any atom is -0.335 e. The Hall–Kier alpha value is -1.66. The van der Waals surface area contributed by atoms with Gasteiger partial charge in [0.05, 0.1) is 10.1 Å². The topological polar surface area (TPSA) is 77.1 Å². The number of hydrogen-bond donors (Lipinski definition) is 2. The summed E-state index contributed by atoms with van der Waals surface area (Å²) in [5.41, 5.74) is 4.99. The van der Waals surface area contributed by atoms with E-state index in [4.69, 9.17) is 5.73 Å². The third-order valence-electron chi connectivity index (χ3n) is 2.10. The van der Waals surface area contributed by atoms with Crippen molar-refractivity contribution >= 4 is 27.6 Å². The van der Waals surface area contributed by atoms with Gasteiger partial charge in [0.2, 0.25) is 0 Å². The van der Waals surface area contributed by atoms with Crippen molar-refractivity contribution in [2.75, 3.05) is 13.1 Å². The molecule has 3 N–H and O–H groups in total. The van der Waals surface area contributed by atoms with Crippen LogP contribution >= 0.6 is 11.5 Å². The average molecular weight is 237 g/mol. The first-order chi connectivity index (χ1) is 7.74. The van der Waals surface area contributed by atoms with Gasteiger partial charge in [-0.15, -0.1) is 0 Å². The molecule has 6 heteroatoms. The number of nitrogens with two attached hydrogens (primary N) is 1. The van der Waals surface area contributed by atoms with E-state index in [-0.39, 0.29) is 5.56 Å². The van der Waals surface area contributed by atoms with Crippen LogP contribution in [0.2, 0.25) is 0 Å². The van der Waals surface area contributed by atoms with Gasteiger partial charge in [-0.25, -0.2) is 4.79 Å². The minimum atomic E-state index is -0.420. The van der Waals surface area contributed by atoms with Crippen molar-refractivity contribution in [2.24, 2.45) is 5.73 Å². The van der Waals surface area contributed by atoms with E-state index in [2.05, 4.69) is 5.32 Å². The van der Waals surface area contributed by atoms with Crippen molar-refractivity contribution < 1.29 is 4.79 Å². The van der Waals surface area contributed by atoms with Gasteiger partial charge >= 0.3 is 6.03 Å². The summed E-state index contributed by atoms with van der Waals surface area (Å²) in [4.78, 5) is 23.4. The molecule has 0 radical (unpaired) electrons. The predicted molar refractivity (Wildman–Crippen MR) is 63.9 cm³/mol. The molecule has 0 fully saturated rings. The van der Waals surface area contributed by atoms with E-state index in [1.807, 2.05) is 12.1 Å². The Labute approximate surface area is 95.6 Å². The standard InChI is InChI=1S/C10H11N3O2S/c11-5-6-12-10(15)13-9(14)7-3-1-2-4-8(7)16-13/h1-4H,5-6,11H2,(H,12,15). The number of hydrogen-bond acceptors (Lipinski definition) is 4. The molecule has 2 rings (SSSR count). The zero-order valence-electron chi connectivity index (χ0n) is 8.47. The van der Waals surface area contributed by atoms with Gasteiger partial charge < -0.3 is 11.1 Å². The molecule has 0 aliphatic heterocycles. The van der Waals surface area contributed by atoms with Crippen molar-refractivity contribution in [1.29, 1.82) is 0 Å². The van der Waals surface area contributed by atoms with Crippen LogP contribution in [0.25, 0.3) is 10.1 Å². The van der Waals surface area contributed by atoms with Gasteiger partial charge in [0, 0.05) is 13.1 Å². The maximum atomic E-state index is 11.8. The summed E-state index contributed by atoms with van der Waals surface area (Å²) >= 11 is 1.13. The average Bonchev–Trinajstić information content (AvgIpc) is 2.64. The SMILES string of the molecule is NCCNC(=O)n1sc2ccccc2c1=O. The molecule has 1 aromatic carbocycles. The van der Waals surface area contributed by atoms with Crippen molar-refractivity contribution in [1.82, 2.24) is 9.27 Å². The third-order valence-corrected chi connectivity index (χ3v) is 3.16.